The van der Waals surface area contributed by atoms with Gasteiger partial charge in [0, 0.05) is 24.0 Å². The van der Waals surface area contributed by atoms with Crippen LogP contribution >= 0.6 is 21.6 Å². The molecule has 0 bridgehead atoms. The van der Waals surface area contributed by atoms with Gasteiger partial charge >= 0.3 is 11.9 Å². The number of carbonyl (C=O) groups is 7. The average Bonchev–Trinajstić information content (AvgIpc) is 2.85. The second-order valence-corrected chi connectivity index (χ2v) is 12.4. The zero-order chi connectivity index (χ0) is 31.3. The molecule has 1 rings (SSSR count). The van der Waals surface area contributed by atoms with Gasteiger partial charge in [-0.2, -0.15) is 0 Å². The standard InChI is InChI=1S/C22H36N8O9S2/c1-10(31)27-16-19(37)29-11(5-4-6-25-21(23)24)17(35)26-8-14(32)28-12(7-15(33)34)18(36)30-13(20(38)39)9-40-41-22(16,2)3/h11-13,16H,4-9H2,1-3H3,(H,26,35)(H,27,31)(H,28,32)(H,29,37)(H,30,36)(H,33,34)(H,38,39)(H4,23,24,25)/t11-,12-,13-,16-/m0/s1. The molecular weight excluding hydrogens is 584 g/mol. The Hall–Kier alpha value is -3.74. The van der Waals surface area contributed by atoms with Crippen LogP contribution in [0, 0.1) is 0 Å². The van der Waals surface area contributed by atoms with Crippen LogP contribution in [-0.2, 0) is 33.6 Å². The van der Waals surface area contributed by atoms with Gasteiger partial charge in [-0.1, -0.05) is 21.6 Å². The summed E-state index contributed by atoms with van der Waals surface area (Å²) in [7, 11) is 2.03. The van der Waals surface area contributed by atoms with E-state index in [1.54, 1.807) is 13.8 Å². The minimum Gasteiger partial charge on any atom is -0.481 e. The molecule has 1 saturated heterocycles. The largest absolute Gasteiger partial charge is 0.481 e. The predicted octanol–water partition coefficient (Wildman–Crippen LogP) is -3.15. The minimum atomic E-state index is -1.64. The number of carbonyl (C=O) groups excluding carboxylic acids is 5. The molecule has 11 N–H and O–H groups in total. The molecule has 1 aliphatic heterocycles. The fourth-order valence-corrected chi connectivity index (χ4v) is 6.26. The van der Waals surface area contributed by atoms with Crippen molar-refractivity contribution in [2.45, 2.75) is 68.9 Å². The first-order valence-electron chi connectivity index (χ1n) is 12.3. The molecule has 0 aromatic heterocycles. The van der Waals surface area contributed by atoms with Gasteiger partial charge in [0.25, 0.3) is 0 Å². The Balaban J connectivity index is 3.39. The van der Waals surface area contributed by atoms with Gasteiger partial charge in [0.05, 0.1) is 13.0 Å². The molecule has 230 valence electrons. The average molecular weight is 621 g/mol. The molecule has 0 aromatic carbocycles. The van der Waals surface area contributed by atoms with Crippen molar-refractivity contribution < 1.29 is 43.8 Å². The Morgan fingerprint density at radius 1 is 1.02 bits per heavy atom. The third-order valence-electron chi connectivity index (χ3n) is 5.46. The van der Waals surface area contributed by atoms with Crippen molar-refractivity contribution >= 4 is 69.0 Å². The van der Waals surface area contributed by atoms with Crippen molar-refractivity contribution in [1.82, 2.24) is 26.6 Å². The van der Waals surface area contributed by atoms with Gasteiger partial charge in [0.2, 0.25) is 29.5 Å². The van der Waals surface area contributed by atoms with Crippen LogP contribution in [0.15, 0.2) is 4.99 Å². The van der Waals surface area contributed by atoms with E-state index in [2.05, 4.69) is 31.6 Å². The molecule has 5 amide bonds. The number of carboxylic acids is 2. The minimum absolute atomic E-state index is 0.0371. The Bertz CT molecular complexity index is 1050. The van der Waals surface area contributed by atoms with Crippen molar-refractivity contribution in [2.75, 3.05) is 18.8 Å². The van der Waals surface area contributed by atoms with Crippen molar-refractivity contribution in [3.05, 3.63) is 0 Å². The molecule has 17 nitrogen and oxygen atoms in total. The smallest absolute Gasteiger partial charge is 0.327 e. The molecule has 0 radical (unpaired) electrons. The maximum atomic E-state index is 13.4. The number of nitrogens with two attached hydrogens (primary N) is 2. The number of hydrogen-bond donors (Lipinski definition) is 9. The molecule has 0 aliphatic carbocycles. The number of carboxylic acid groups (broad SMARTS) is 2. The fraction of sp³-hybridized carbons (Fsp3) is 0.636. The van der Waals surface area contributed by atoms with Crippen molar-refractivity contribution in [3.8, 4) is 0 Å². The second-order valence-electron chi connectivity index (χ2n) is 9.45. The van der Waals surface area contributed by atoms with E-state index in [1.807, 2.05) is 0 Å². The summed E-state index contributed by atoms with van der Waals surface area (Å²) in [5, 5.41) is 30.6. The lowest BCUT2D eigenvalue weighted by Gasteiger charge is -2.33. The highest BCUT2D eigenvalue weighted by molar-refractivity contribution is 8.77. The van der Waals surface area contributed by atoms with E-state index in [0.29, 0.717) is 0 Å². The van der Waals surface area contributed by atoms with Crippen LogP contribution in [0.5, 0.6) is 0 Å². The van der Waals surface area contributed by atoms with Crippen LogP contribution in [0.2, 0.25) is 0 Å². The summed E-state index contributed by atoms with van der Waals surface area (Å²) in [6.07, 6.45) is -0.567. The maximum Gasteiger partial charge on any atom is 0.327 e. The zero-order valence-electron chi connectivity index (χ0n) is 22.7. The summed E-state index contributed by atoms with van der Waals surface area (Å²) in [6, 6.07) is -5.51. The van der Waals surface area contributed by atoms with E-state index in [-0.39, 0.29) is 31.1 Å². The van der Waals surface area contributed by atoms with Gasteiger partial charge < -0.3 is 48.3 Å². The van der Waals surface area contributed by atoms with Crippen molar-refractivity contribution in [1.29, 1.82) is 0 Å². The van der Waals surface area contributed by atoms with Crippen molar-refractivity contribution in [2.24, 2.45) is 16.5 Å². The normalized spacial score (nSPS) is 24.4. The van der Waals surface area contributed by atoms with Crippen LogP contribution < -0.4 is 38.1 Å². The maximum absolute atomic E-state index is 13.4. The van der Waals surface area contributed by atoms with Gasteiger partial charge in [0.15, 0.2) is 5.96 Å². The van der Waals surface area contributed by atoms with Gasteiger partial charge in [0.1, 0.15) is 24.2 Å². The summed E-state index contributed by atoms with van der Waals surface area (Å²) in [5.74, 6) is -7.29. The van der Waals surface area contributed by atoms with Crippen LogP contribution in [0.4, 0.5) is 0 Å². The van der Waals surface area contributed by atoms with Crippen LogP contribution in [0.1, 0.15) is 40.0 Å². The summed E-state index contributed by atoms with van der Waals surface area (Å²) in [4.78, 5) is 90.4. The zero-order valence-corrected chi connectivity index (χ0v) is 24.4. The first kappa shape index (κ1) is 35.3. The number of amides is 5. The highest BCUT2D eigenvalue weighted by Crippen LogP contribution is 2.38. The lowest BCUT2D eigenvalue weighted by Crippen LogP contribution is -2.59. The van der Waals surface area contributed by atoms with Crippen LogP contribution in [0.3, 0.4) is 0 Å². The molecular formula is C22H36N8O9S2. The number of aliphatic carboxylic acids is 2. The Morgan fingerprint density at radius 2 is 1.68 bits per heavy atom. The van der Waals surface area contributed by atoms with Crippen LogP contribution in [0.25, 0.3) is 0 Å². The fourth-order valence-electron chi connectivity index (χ4n) is 3.45. The van der Waals surface area contributed by atoms with E-state index >= 15 is 0 Å². The molecule has 1 aliphatic rings. The first-order chi connectivity index (χ1) is 19.0. The number of rotatable bonds is 8. The molecule has 1 heterocycles. The topological polar surface area (TPSA) is 284 Å². The van der Waals surface area contributed by atoms with E-state index in [1.165, 1.54) is 6.92 Å². The SMILES string of the molecule is CC(=O)N[C@H]1C(=O)N[C@@H](CCCN=C(N)N)C(=O)NCC(=O)N[C@@H](CC(=O)O)C(=O)N[C@H](C(=O)O)CSSC1(C)C. The van der Waals surface area contributed by atoms with E-state index in [9.17, 15) is 43.8 Å². The van der Waals surface area contributed by atoms with Gasteiger partial charge in [-0.25, -0.2) is 4.79 Å². The highest BCUT2D eigenvalue weighted by atomic mass is 33.1. The Morgan fingerprint density at radius 3 is 2.24 bits per heavy atom. The molecule has 41 heavy (non-hydrogen) atoms. The molecule has 1 fully saturated rings. The number of guanidine groups is 1. The summed E-state index contributed by atoms with van der Waals surface area (Å²) >= 11 is 0. The number of nitrogens with zero attached hydrogens (tertiary/aromatic N) is 1. The van der Waals surface area contributed by atoms with Gasteiger partial charge in [-0.3, -0.25) is 33.8 Å². The molecule has 4 atom stereocenters. The third-order valence-corrected chi connectivity index (χ3v) is 8.76. The molecule has 0 saturated carbocycles. The monoisotopic (exact) mass is 620 g/mol. The van der Waals surface area contributed by atoms with E-state index in [0.717, 1.165) is 21.6 Å². The van der Waals surface area contributed by atoms with Crippen molar-refractivity contribution in [3.63, 3.8) is 0 Å². The highest BCUT2D eigenvalue weighted by Gasteiger charge is 2.39. The molecule has 0 aromatic rings. The van der Waals surface area contributed by atoms with E-state index < -0.39 is 83.4 Å². The molecule has 19 heteroatoms. The molecule has 0 unspecified atom stereocenters. The van der Waals surface area contributed by atoms with E-state index in [4.69, 9.17) is 11.5 Å². The Labute approximate surface area is 243 Å². The van der Waals surface area contributed by atoms with Gasteiger partial charge in [-0.15, -0.1) is 0 Å². The predicted molar refractivity (Wildman–Crippen MR) is 150 cm³/mol. The Kier molecular flexibility index (Phi) is 14.2. The van der Waals surface area contributed by atoms with Gasteiger partial charge in [-0.05, 0) is 26.7 Å². The lowest BCUT2D eigenvalue weighted by atomic mass is 10.0. The first-order valence-corrected chi connectivity index (χ1v) is 14.6. The lowest BCUT2D eigenvalue weighted by molar-refractivity contribution is -0.143. The third kappa shape index (κ3) is 13.0. The van der Waals surface area contributed by atoms with Crippen LogP contribution in [-0.4, -0.2) is 105 Å². The molecule has 0 spiro atoms. The number of aliphatic imine (C=N–C) groups is 1. The number of hydrogen-bond acceptors (Lipinski definition) is 10. The second kappa shape index (κ2) is 16.5. The quantitative estimate of drug-likeness (QED) is 0.0561. The number of nitrogens with one attached hydrogen (secondary N) is 5. The summed E-state index contributed by atoms with van der Waals surface area (Å²) in [6.45, 7) is 3.87. The summed E-state index contributed by atoms with van der Waals surface area (Å²) in [5.41, 5.74) is 10.6. The summed E-state index contributed by atoms with van der Waals surface area (Å²) < 4.78 is -1.07.